The largest absolute Gasteiger partial charge is 0.444 e. The summed E-state index contributed by atoms with van der Waals surface area (Å²) in [7, 11) is 3.59. The molecule has 1 N–H and O–H groups in total. The second-order valence-electron chi connectivity index (χ2n) is 8.15. The van der Waals surface area contributed by atoms with Crippen LogP contribution in [0, 0.1) is 11.8 Å². The number of aliphatic imine (C=N–C) groups is 1. The van der Waals surface area contributed by atoms with Gasteiger partial charge < -0.3 is 24.6 Å². The Morgan fingerprint density at radius 2 is 2.12 bits per heavy atom. The maximum atomic E-state index is 12.1. The number of ether oxygens (including phenoxy) is 2. The lowest BCUT2D eigenvalue weighted by molar-refractivity contribution is 0.0278. The van der Waals surface area contributed by atoms with Gasteiger partial charge in [-0.15, -0.1) is 0 Å². The lowest BCUT2D eigenvalue weighted by atomic mass is 10.1. The zero-order valence-electron chi connectivity index (χ0n) is 17.7. The van der Waals surface area contributed by atoms with Gasteiger partial charge in [0.15, 0.2) is 5.96 Å². The van der Waals surface area contributed by atoms with Gasteiger partial charge in [-0.3, -0.25) is 4.99 Å². The summed E-state index contributed by atoms with van der Waals surface area (Å²) in [6, 6.07) is 0. The van der Waals surface area contributed by atoms with Crippen molar-refractivity contribution in [1.29, 1.82) is 0 Å². The topological polar surface area (TPSA) is 66.4 Å². The smallest absolute Gasteiger partial charge is 0.410 e. The van der Waals surface area contributed by atoms with E-state index in [4.69, 9.17) is 9.47 Å². The Morgan fingerprint density at radius 1 is 1.42 bits per heavy atom. The number of carbonyl (C=O) groups excluding carboxylic acids is 1. The molecular formula is C19H38N4O3. The molecule has 0 aliphatic carbocycles. The molecule has 1 amide bonds. The highest BCUT2D eigenvalue weighted by atomic mass is 16.6. The molecule has 0 aromatic rings. The maximum Gasteiger partial charge on any atom is 0.410 e. The van der Waals surface area contributed by atoms with E-state index >= 15 is 0 Å². The van der Waals surface area contributed by atoms with Crippen LogP contribution in [0.5, 0.6) is 0 Å². The van der Waals surface area contributed by atoms with Gasteiger partial charge in [0, 0.05) is 52.8 Å². The minimum absolute atomic E-state index is 0.283. The van der Waals surface area contributed by atoms with Crippen molar-refractivity contribution in [3.63, 3.8) is 0 Å². The van der Waals surface area contributed by atoms with Gasteiger partial charge in [-0.25, -0.2) is 4.79 Å². The molecular weight excluding hydrogens is 332 g/mol. The Bertz CT molecular complexity index is 462. The molecule has 7 heteroatoms. The number of amides is 1. The van der Waals surface area contributed by atoms with E-state index in [1.54, 1.807) is 11.9 Å². The molecule has 2 atom stereocenters. The predicted molar refractivity (Wildman–Crippen MR) is 106 cm³/mol. The summed E-state index contributed by atoms with van der Waals surface area (Å²) in [6.07, 6.45) is 0.851. The van der Waals surface area contributed by atoms with Crippen molar-refractivity contribution in [3.05, 3.63) is 0 Å². The van der Waals surface area contributed by atoms with Gasteiger partial charge in [-0.05, 0) is 40.0 Å². The first-order valence-electron chi connectivity index (χ1n) is 9.63. The number of rotatable bonds is 7. The number of likely N-dealkylation sites (tertiary alicyclic amines) is 1. The summed E-state index contributed by atoms with van der Waals surface area (Å²) >= 11 is 0. The fourth-order valence-electron chi connectivity index (χ4n) is 2.99. The lowest BCUT2D eigenvalue weighted by Gasteiger charge is -2.27. The summed E-state index contributed by atoms with van der Waals surface area (Å²) in [5.41, 5.74) is -0.470. The minimum atomic E-state index is -0.470. The third kappa shape index (κ3) is 8.25. The first kappa shape index (κ1) is 22.5. The van der Waals surface area contributed by atoms with Crippen LogP contribution in [0.3, 0.4) is 0 Å². The molecule has 1 aliphatic heterocycles. The van der Waals surface area contributed by atoms with Crippen LogP contribution in [0.1, 0.15) is 41.0 Å². The minimum Gasteiger partial charge on any atom is -0.444 e. The lowest BCUT2D eigenvalue weighted by Crippen LogP contribution is -2.44. The summed E-state index contributed by atoms with van der Waals surface area (Å²) in [5, 5.41) is 3.44. The Labute approximate surface area is 159 Å². The van der Waals surface area contributed by atoms with Crippen LogP contribution in [0.15, 0.2) is 4.99 Å². The number of nitrogens with zero attached hydrogens (tertiary/aromatic N) is 3. The van der Waals surface area contributed by atoms with E-state index in [2.05, 4.69) is 22.1 Å². The number of nitrogens with one attached hydrogen (secondary N) is 1. The van der Waals surface area contributed by atoms with Crippen LogP contribution in [-0.2, 0) is 9.47 Å². The molecule has 7 nitrogen and oxygen atoms in total. The molecule has 0 saturated carbocycles. The summed E-state index contributed by atoms with van der Waals surface area (Å²) < 4.78 is 10.9. The van der Waals surface area contributed by atoms with Crippen LogP contribution in [0.2, 0.25) is 0 Å². The number of hydrogen-bond acceptors (Lipinski definition) is 4. The van der Waals surface area contributed by atoms with Gasteiger partial charge >= 0.3 is 6.09 Å². The van der Waals surface area contributed by atoms with Crippen molar-refractivity contribution in [2.75, 3.05) is 53.5 Å². The van der Waals surface area contributed by atoms with E-state index in [0.29, 0.717) is 12.5 Å². The fourth-order valence-corrected chi connectivity index (χ4v) is 2.99. The fraction of sp³-hybridized carbons (Fsp3) is 0.895. The average molecular weight is 371 g/mol. The maximum absolute atomic E-state index is 12.1. The molecule has 0 spiro atoms. The monoisotopic (exact) mass is 370 g/mol. The zero-order chi connectivity index (χ0) is 19.7. The Balaban J connectivity index is 2.38. The second kappa shape index (κ2) is 10.6. The van der Waals surface area contributed by atoms with Gasteiger partial charge in [-0.1, -0.05) is 6.92 Å². The van der Waals surface area contributed by atoms with Crippen LogP contribution < -0.4 is 5.32 Å². The molecule has 0 aromatic carbocycles. The van der Waals surface area contributed by atoms with Gasteiger partial charge in [0.1, 0.15) is 5.60 Å². The summed E-state index contributed by atoms with van der Waals surface area (Å²) in [5.74, 6) is 1.78. The van der Waals surface area contributed by atoms with Gasteiger partial charge in [0.25, 0.3) is 0 Å². The highest BCUT2D eigenvalue weighted by Gasteiger charge is 2.25. The van der Waals surface area contributed by atoms with Crippen LogP contribution in [-0.4, -0.2) is 80.9 Å². The number of carbonyl (C=O) groups is 1. The molecule has 1 aliphatic rings. The Kier molecular flexibility index (Phi) is 9.19. The summed E-state index contributed by atoms with van der Waals surface area (Å²) in [4.78, 5) is 20.4. The molecule has 0 radical (unpaired) electrons. The van der Waals surface area contributed by atoms with Crippen molar-refractivity contribution in [3.8, 4) is 0 Å². The standard InChI is InChI=1S/C19H38N4O3/c1-8-25-14-16-9-10-23(13-16)17(20-6)21-11-15(2)12-22(7)18(24)26-19(3,4)5/h15-16H,8-14H2,1-7H3,(H,20,21). The van der Waals surface area contributed by atoms with E-state index in [1.807, 2.05) is 34.7 Å². The van der Waals surface area contributed by atoms with Crippen LogP contribution >= 0.6 is 0 Å². The highest BCUT2D eigenvalue weighted by molar-refractivity contribution is 5.80. The SMILES string of the molecule is CCOCC1CCN(C(=NC)NCC(C)CN(C)C(=O)OC(C)(C)C)C1. The summed E-state index contributed by atoms with van der Waals surface area (Å²) in [6.45, 7) is 14.7. The molecule has 0 aromatic heterocycles. The molecule has 152 valence electrons. The molecule has 1 saturated heterocycles. The van der Waals surface area contributed by atoms with E-state index in [9.17, 15) is 4.79 Å². The first-order chi connectivity index (χ1) is 12.2. The Morgan fingerprint density at radius 3 is 2.69 bits per heavy atom. The van der Waals surface area contributed by atoms with E-state index in [1.165, 1.54) is 0 Å². The van der Waals surface area contributed by atoms with Crippen molar-refractivity contribution < 1.29 is 14.3 Å². The molecule has 2 unspecified atom stereocenters. The Hall–Kier alpha value is -1.50. The molecule has 1 heterocycles. The number of hydrogen-bond donors (Lipinski definition) is 1. The second-order valence-corrected chi connectivity index (χ2v) is 8.15. The van der Waals surface area contributed by atoms with Crippen molar-refractivity contribution in [2.24, 2.45) is 16.8 Å². The van der Waals surface area contributed by atoms with Gasteiger partial charge in [0.05, 0.1) is 6.61 Å². The van der Waals surface area contributed by atoms with Crippen LogP contribution in [0.25, 0.3) is 0 Å². The quantitative estimate of drug-likeness (QED) is 0.551. The molecule has 0 bridgehead atoms. The first-order valence-corrected chi connectivity index (χ1v) is 9.63. The molecule has 26 heavy (non-hydrogen) atoms. The number of guanidine groups is 1. The van der Waals surface area contributed by atoms with Gasteiger partial charge in [-0.2, -0.15) is 0 Å². The molecule has 1 fully saturated rings. The van der Waals surface area contributed by atoms with Crippen molar-refractivity contribution in [1.82, 2.24) is 15.1 Å². The van der Waals surface area contributed by atoms with E-state index in [-0.39, 0.29) is 12.0 Å². The third-order valence-corrected chi connectivity index (χ3v) is 4.25. The normalized spacial score (nSPS) is 19.4. The van der Waals surface area contributed by atoms with E-state index < -0.39 is 5.60 Å². The molecule has 1 rings (SSSR count). The zero-order valence-corrected chi connectivity index (χ0v) is 17.7. The van der Waals surface area contributed by atoms with E-state index in [0.717, 1.165) is 45.2 Å². The highest BCUT2D eigenvalue weighted by Crippen LogP contribution is 2.16. The average Bonchev–Trinajstić information content (AvgIpc) is 3.00. The predicted octanol–water partition coefficient (Wildman–Crippen LogP) is 2.42. The van der Waals surface area contributed by atoms with Crippen molar-refractivity contribution >= 4 is 12.1 Å². The van der Waals surface area contributed by atoms with Crippen LogP contribution in [0.4, 0.5) is 4.79 Å². The van der Waals surface area contributed by atoms with Gasteiger partial charge in [0.2, 0.25) is 0 Å². The van der Waals surface area contributed by atoms with Crippen molar-refractivity contribution in [2.45, 2.75) is 46.6 Å². The third-order valence-electron chi connectivity index (χ3n) is 4.25.